The minimum absolute atomic E-state index is 0.0795. The van der Waals surface area contributed by atoms with Crippen molar-refractivity contribution in [1.82, 2.24) is 15.3 Å². The quantitative estimate of drug-likeness (QED) is 0.825. The summed E-state index contributed by atoms with van der Waals surface area (Å²) in [6, 6.07) is 8.60. The molecule has 0 spiro atoms. The molecule has 1 atom stereocenters. The molecule has 1 aliphatic rings. The highest BCUT2D eigenvalue weighted by atomic mass is 16.5. The number of hydrogen-bond donors (Lipinski definition) is 2. The molecule has 0 saturated carbocycles. The number of rotatable bonds is 6. The van der Waals surface area contributed by atoms with Crippen molar-refractivity contribution < 1.29 is 19.4 Å². The first-order valence-corrected chi connectivity index (χ1v) is 8.30. The Morgan fingerprint density at radius 3 is 2.80 bits per heavy atom. The van der Waals surface area contributed by atoms with E-state index in [4.69, 9.17) is 9.47 Å². The lowest BCUT2D eigenvalue weighted by Crippen LogP contribution is -2.29. The topological polar surface area (TPSA) is 93.6 Å². The molecule has 25 heavy (non-hydrogen) atoms. The number of aromatic nitrogens is 2. The second-order valence-electron chi connectivity index (χ2n) is 5.80. The number of nitrogens with zero attached hydrogens (tertiary/aromatic N) is 2. The van der Waals surface area contributed by atoms with Crippen LogP contribution in [0.15, 0.2) is 42.7 Å². The molecule has 1 saturated heterocycles. The van der Waals surface area contributed by atoms with Crippen molar-refractivity contribution in [3.8, 4) is 5.88 Å². The second-order valence-corrected chi connectivity index (χ2v) is 5.80. The highest BCUT2D eigenvalue weighted by molar-refractivity contribution is 5.93. The van der Waals surface area contributed by atoms with E-state index < -0.39 is 6.10 Å². The van der Waals surface area contributed by atoms with Gasteiger partial charge in [-0.3, -0.25) is 9.78 Å². The predicted molar refractivity (Wildman–Crippen MR) is 90.2 cm³/mol. The van der Waals surface area contributed by atoms with Gasteiger partial charge in [0.05, 0.1) is 24.5 Å². The van der Waals surface area contributed by atoms with Crippen molar-refractivity contribution in [2.75, 3.05) is 19.8 Å². The van der Waals surface area contributed by atoms with Gasteiger partial charge in [-0.15, -0.1) is 0 Å². The Bertz CT molecular complexity index is 672. The summed E-state index contributed by atoms with van der Waals surface area (Å²) in [5, 5.41) is 12.7. The molecule has 132 valence electrons. The first-order valence-electron chi connectivity index (χ1n) is 8.30. The molecule has 2 aromatic heterocycles. The van der Waals surface area contributed by atoms with Crippen molar-refractivity contribution in [2.24, 2.45) is 0 Å². The third-order valence-corrected chi connectivity index (χ3v) is 3.94. The van der Waals surface area contributed by atoms with E-state index in [1.165, 1.54) is 6.20 Å². The fourth-order valence-electron chi connectivity index (χ4n) is 2.52. The Morgan fingerprint density at radius 2 is 2.12 bits per heavy atom. The van der Waals surface area contributed by atoms with Crippen molar-refractivity contribution in [2.45, 2.75) is 25.0 Å². The first-order chi connectivity index (χ1) is 12.2. The number of nitrogens with one attached hydrogen (secondary N) is 1. The lowest BCUT2D eigenvalue weighted by molar-refractivity contribution is 0.0237. The Morgan fingerprint density at radius 1 is 1.28 bits per heavy atom. The van der Waals surface area contributed by atoms with E-state index in [-0.39, 0.29) is 18.6 Å². The molecular weight excluding hydrogens is 322 g/mol. The molecule has 7 nitrogen and oxygen atoms in total. The van der Waals surface area contributed by atoms with Gasteiger partial charge < -0.3 is 19.9 Å². The van der Waals surface area contributed by atoms with Gasteiger partial charge in [0.2, 0.25) is 5.88 Å². The lowest BCUT2D eigenvalue weighted by Gasteiger charge is -2.22. The van der Waals surface area contributed by atoms with Crippen LogP contribution >= 0.6 is 0 Å². The molecule has 2 N–H and O–H groups in total. The molecule has 1 amide bonds. The van der Waals surface area contributed by atoms with Crippen LogP contribution < -0.4 is 10.1 Å². The summed E-state index contributed by atoms with van der Waals surface area (Å²) in [6.07, 6.45) is 4.01. The van der Waals surface area contributed by atoms with Gasteiger partial charge in [-0.1, -0.05) is 6.07 Å². The van der Waals surface area contributed by atoms with Crippen molar-refractivity contribution in [1.29, 1.82) is 0 Å². The average Bonchev–Trinajstić information content (AvgIpc) is 2.68. The van der Waals surface area contributed by atoms with E-state index in [1.54, 1.807) is 36.5 Å². The van der Waals surface area contributed by atoms with Gasteiger partial charge in [0.1, 0.15) is 12.2 Å². The molecule has 0 aliphatic carbocycles. The van der Waals surface area contributed by atoms with Crippen LogP contribution in [-0.2, 0) is 4.74 Å². The van der Waals surface area contributed by atoms with Crippen LogP contribution in [0.4, 0.5) is 0 Å². The van der Waals surface area contributed by atoms with E-state index >= 15 is 0 Å². The molecule has 7 heteroatoms. The van der Waals surface area contributed by atoms with Gasteiger partial charge in [-0.05, 0) is 18.2 Å². The SMILES string of the molecule is O=C(NCC(O)c1ccccn1)c1ccc(OC2CCOCC2)nc1. The molecule has 1 unspecified atom stereocenters. The molecule has 1 fully saturated rings. The third kappa shape index (κ3) is 4.98. The number of carbonyl (C=O) groups excluding carboxylic acids is 1. The normalized spacial score (nSPS) is 16.2. The average molecular weight is 343 g/mol. The zero-order valence-electron chi connectivity index (χ0n) is 13.8. The van der Waals surface area contributed by atoms with Crippen molar-refractivity contribution in [3.63, 3.8) is 0 Å². The maximum absolute atomic E-state index is 12.1. The maximum atomic E-state index is 12.1. The van der Waals surface area contributed by atoms with Crippen LogP contribution in [0.25, 0.3) is 0 Å². The standard InChI is InChI=1S/C18H21N3O4/c22-16(15-3-1-2-8-19-15)12-21-18(23)13-4-5-17(20-11-13)25-14-6-9-24-10-7-14/h1-5,8,11,14,16,22H,6-7,9-10,12H2,(H,21,23). The van der Waals surface area contributed by atoms with Gasteiger partial charge in [0.25, 0.3) is 5.91 Å². The van der Waals surface area contributed by atoms with Crippen molar-refractivity contribution >= 4 is 5.91 Å². The third-order valence-electron chi connectivity index (χ3n) is 3.94. The fraction of sp³-hybridized carbons (Fsp3) is 0.389. The van der Waals surface area contributed by atoms with Gasteiger partial charge in [0, 0.05) is 37.8 Å². The van der Waals surface area contributed by atoms with Gasteiger partial charge >= 0.3 is 0 Å². The van der Waals surface area contributed by atoms with E-state index in [2.05, 4.69) is 15.3 Å². The van der Waals surface area contributed by atoms with Crippen LogP contribution in [0, 0.1) is 0 Å². The number of aliphatic hydroxyl groups excluding tert-OH is 1. The number of carbonyl (C=O) groups is 1. The highest BCUT2D eigenvalue weighted by Gasteiger charge is 2.16. The predicted octanol–water partition coefficient (Wildman–Crippen LogP) is 1.50. The summed E-state index contributed by atoms with van der Waals surface area (Å²) < 4.78 is 11.1. The summed E-state index contributed by atoms with van der Waals surface area (Å²) in [6.45, 7) is 1.48. The van der Waals surface area contributed by atoms with Gasteiger partial charge in [0.15, 0.2) is 0 Å². The summed E-state index contributed by atoms with van der Waals surface area (Å²) >= 11 is 0. The molecule has 0 bridgehead atoms. The van der Waals surface area contributed by atoms with Crippen LogP contribution in [0.3, 0.4) is 0 Å². The lowest BCUT2D eigenvalue weighted by atomic mass is 10.1. The second kappa shape index (κ2) is 8.55. The molecule has 1 aliphatic heterocycles. The van der Waals surface area contributed by atoms with Crippen LogP contribution in [0.2, 0.25) is 0 Å². The Labute approximate surface area is 146 Å². The molecular formula is C18H21N3O4. The summed E-state index contributed by atoms with van der Waals surface area (Å²) in [5.41, 5.74) is 0.925. The fourth-order valence-corrected chi connectivity index (χ4v) is 2.52. The molecule has 0 radical (unpaired) electrons. The summed E-state index contributed by atoms with van der Waals surface area (Å²) in [4.78, 5) is 20.4. The molecule has 0 aromatic carbocycles. The smallest absolute Gasteiger partial charge is 0.252 e. The minimum atomic E-state index is -0.853. The van der Waals surface area contributed by atoms with Gasteiger partial charge in [-0.25, -0.2) is 4.98 Å². The minimum Gasteiger partial charge on any atom is -0.474 e. The number of aliphatic hydroxyl groups is 1. The Balaban J connectivity index is 1.50. The molecule has 3 heterocycles. The van der Waals surface area contributed by atoms with E-state index in [0.717, 1.165) is 12.8 Å². The number of amides is 1. The number of ether oxygens (including phenoxy) is 2. The van der Waals surface area contributed by atoms with E-state index in [0.29, 0.717) is 30.4 Å². The van der Waals surface area contributed by atoms with E-state index in [1.807, 2.05) is 0 Å². The van der Waals surface area contributed by atoms with Crippen molar-refractivity contribution in [3.05, 3.63) is 54.0 Å². The zero-order valence-corrected chi connectivity index (χ0v) is 13.8. The number of pyridine rings is 2. The van der Waals surface area contributed by atoms with E-state index in [9.17, 15) is 9.90 Å². The summed E-state index contributed by atoms with van der Waals surface area (Å²) in [7, 11) is 0. The number of hydrogen-bond acceptors (Lipinski definition) is 6. The van der Waals surface area contributed by atoms with Crippen LogP contribution in [0.5, 0.6) is 5.88 Å². The largest absolute Gasteiger partial charge is 0.474 e. The monoisotopic (exact) mass is 343 g/mol. The highest BCUT2D eigenvalue weighted by Crippen LogP contribution is 2.16. The van der Waals surface area contributed by atoms with Crippen LogP contribution in [-0.4, -0.2) is 46.8 Å². The molecule has 3 rings (SSSR count). The van der Waals surface area contributed by atoms with Crippen LogP contribution in [0.1, 0.15) is 35.0 Å². The Hall–Kier alpha value is -2.51. The molecule has 2 aromatic rings. The first kappa shape index (κ1) is 17.3. The maximum Gasteiger partial charge on any atom is 0.252 e. The Kier molecular flexibility index (Phi) is 5.92. The van der Waals surface area contributed by atoms with Gasteiger partial charge in [-0.2, -0.15) is 0 Å². The zero-order chi connectivity index (χ0) is 17.5. The summed E-state index contributed by atoms with van der Waals surface area (Å²) in [5.74, 6) is 0.192.